The molecule has 4 N–H and O–H groups in total. The van der Waals surface area contributed by atoms with Crippen molar-refractivity contribution in [2.75, 3.05) is 25.6 Å². The lowest BCUT2D eigenvalue weighted by Crippen LogP contribution is -2.19. The van der Waals surface area contributed by atoms with Crippen LogP contribution in [0.1, 0.15) is 37.9 Å². The average molecular weight is 459 g/mol. The van der Waals surface area contributed by atoms with E-state index in [-0.39, 0.29) is 13.2 Å². The number of amides is 2. The van der Waals surface area contributed by atoms with E-state index >= 15 is 0 Å². The number of aliphatic hydroxyl groups excluding tert-OH is 1. The zero-order valence-corrected chi connectivity index (χ0v) is 18.7. The summed E-state index contributed by atoms with van der Waals surface area (Å²) >= 11 is 0. The van der Waals surface area contributed by atoms with Crippen LogP contribution in [0.4, 0.5) is 10.5 Å². The van der Waals surface area contributed by atoms with E-state index in [0.29, 0.717) is 42.0 Å². The van der Waals surface area contributed by atoms with Crippen molar-refractivity contribution in [3.63, 3.8) is 0 Å². The zero-order valence-electron chi connectivity index (χ0n) is 18.7. The normalized spacial score (nSPS) is 11.9. The maximum absolute atomic E-state index is 12.5. The van der Waals surface area contributed by atoms with E-state index in [4.69, 9.17) is 24.5 Å². The average Bonchev–Trinajstić information content (AvgIpc) is 2.84. The predicted octanol–water partition coefficient (Wildman–Crippen LogP) is 3.98. The van der Waals surface area contributed by atoms with Gasteiger partial charge < -0.3 is 19.3 Å². The van der Waals surface area contributed by atoms with Gasteiger partial charge in [0.2, 0.25) is 0 Å². The Bertz CT molecular complexity index is 911. The molecule has 0 spiro atoms. The van der Waals surface area contributed by atoms with E-state index in [0.717, 1.165) is 5.56 Å². The molecule has 33 heavy (non-hydrogen) atoms. The summed E-state index contributed by atoms with van der Waals surface area (Å²) in [5.74, 6) is 0.719. The van der Waals surface area contributed by atoms with E-state index in [2.05, 4.69) is 5.32 Å². The molecule has 0 unspecified atom stereocenters. The van der Waals surface area contributed by atoms with Crippen LogP contribution in [0.2, 0.25) is 0 Å². The number of aliphatic hydroxyl groups is 1. The van der Waals surface area contributed by atoms with Crippen molar-refractivity contribution >= 4 is 17.7 Å². The van der Waals surface area contributed by atoms with Crippen molar-refractivity contribution in [1.82, 2.24) is 5.48 Å². The molecule has 178 valence electrons. The van der Waals surface area contributed by atoms with E-state index in [1.165, 1.54) is 0 Å². The monoisotopic (exact) mass is 458 g/mol. The van der Waals surface area contributed by atoms with Crippen LogP contribution in [0.25, 0.3) is 0 Å². The zero-order chi connectivity index (χ0) is 24.1. The Morgan fingerprint density at radius 1 is 1.06 bits per heavy atom. The van der Waals surface area contributed by atoms with Gasteiger partial charge in [-0.05, 0) is 68.1 Å². The number of nitrogens with one attached hydrogen (secondary N) is 2. The number of hydrogen-bond acceptors (Lipinski definition) is 7. The third kappa shape index (κ3) is 8.83. The number of benzene rings is 2. The molecule has 2 rings (SSSR count). The standard InChI is InChI=1S/C24H30N2O7/c1-17(23(28)26-30)5-3-4-6-22(18-7-11-21(12-8-18)32-16-15-27)33-24(29)25-19-9-13-20(31-2)14-10-19/h5,7-14,22,27,30H,3-4,6,15-16H2,1-2H3,(H,25,29)(H,26,28)/b17-5+/t22-/m1/s1. The molecule has 0 saturated carbocycles. The predicted molar refractivity (Wildman–Crippen MR) is 122 cm³/mol. The van der Waals surface area contributed by atoms with Gasteiger partial charge >= 0.3 is 6.09 Å². The Labute approximate surface area is 192 Å². The second kappa shape index (κ2) is 13.8. The molecular weight excluding hydrogens is 428 g/mol. The van der Waals surface area contributed by atoms with Crippen molar-refractivity contribution in [3.05, 3.63) is 65.7 Å². The van der Waals surface area contributed by atoms with E-state index in [9.17, 15) is 9.59 Å². The number of rotatable bonds is 12. The second-order valence-corrected chi connectivity index (χ2v) is 7.15. The SMILES string of the molecule is COc1ccc(NC(=O)O[C@H](CCC/C=C(\C)C(=O)NO)c2ccc(OCCO)cc2)cc1. The largest absolute Gasteiger partial charge is 0.497 e. The van der Waals surface area contributed by atoms with Crippen molar-refractivity contribution in [1.29, 1.82) is 0 Å². The highest BCUT2D eigenvalue weighted by Crippen LogP contribution is 2.27. The van der Waals surface area contributed by atoms with Crippen LogP contribution in [-0.2, 0) is 9.53 Å². The Hall–Kier alpha value is -3.56. The molecule has 2 aromatic carbocycles. The highest BCUT2D eigenvalue weighted by molar-refractivity contribution is 5.91. The molecule has 0 fully saturated rings. The lowest BCUT2D eigenvalue weighted by atomic mass is 10.0. The Kier molecular flexibility index (Phi) is 10.7. The molecule has 9 nitrogen and oxygen atoms in total. The van der Waals surface area contributed by atoms with Crippen LogP contribution in [0.3, 0.4) is 0 Å². The summed E-state index contributed by atoms with van der Waals surface area (Å²) in [6.45, 7) is 1.71. The first-order valence-electron chi connectivity index (χ1n) is 10.5. The summed E-state index contributed by atoms with van der Waals surface area (Å²) in [5.41, 5.74) is 3.35. The van der Waals surface area contributed by atoms with E-state index in [1.807, 2.05) is 0 Å². The number of anilines is 1. The van der Waals surface area contributed by atoms with Crippen LogP contribution in [0.15, 0.2) is 60.2 Å². The van der Waals surface area contributed by atoms with Crippen LogP contribution >= 0.6 is 0 Å². The van der Waals surface area contributed by atoms with Gasteiger partial charge in [0, 0.05) is 11.3 Å². The van der Waals surface area contributed by atoms with Gasteiger partial charge in [-0.2, -0.15) is 0 Å². The maximum Gasteiger partial charge on any atom is 0.412 e. The van der Waals surface area contributed by atoms with Crippen molar-refractivity contribution in [2.24, 2.45) is 0 Å². The number of carbonyl (C=O) groups is 2. The lowest BCUT2D eigenvalue weighted by Gasteiger charge is -2.19. The number of methoxy groups -OCH3 is 1. The van der Waals surface area contributed by atoms with Gasteiger partial charge in [0.05, 0.1) is 13.7 Å². The van der Waals surface area contributed by atoms with Crippen molar-refractivity contribution < 1.29 is 34.1 Å². The van der Waals surface area contributed by atoms with Gasteiger partial charge in [0.15, 0.2) is 0 Å². The summed E-state index contributed by atoms with van der Waals surface area (Å²) in [6, 6.07) is 14.0. The van der Waals surface area contributed by atoms with Gasteiger partial charge in [-0.3, -0.25) is 15.3 Å². The summed E-state index contributed by atoms with van der Waals surface area (Å²) in [4.78, 5) is 23.9. The number of carbonyl (C=O) groups excluding carboxylic acids is 2. The molecule has 0 bridgehead atoms. The van der Waals surface area contributed by atoms with Gasteiger partial charge in [-0.25, -0.2) is 10.3 Å². The highest BCUT2D eigenvalue weighted by atomic mass is 16.6. The van der Waals surface area contributed by atoms with Crippen molar-refractivity contribution in [2.45, 2.75) is 32.3 Å². The Balaban J connectivity index is 2.05. The Morgan fingerprint density at radius 2 is 1.73 bits per heavy atom. The molecule has 0 aromatic heterocycles. The third-order valence-corrected chi connectivity index (χ3v) is 4.78. The van der Waals surface area contributed by atoms with Gasteiger partial charge in [-0.1, -0.05) is 18.2 Å². The first-order valence-corrected chi connectivity index (χ1v) is 10.5. The van der Waals surface area contributed by atoms with Crippen LogP contribution in [0.5, 0.6) is 11.5 Å². The van der Waals surface area contributed by atoms with Gasteiger partial charge in [-0.15, -0.1) is 0 Å². The van der Waals surface area contributed by atoms with Crippen LogP contribution < -0.4 is 20.3 Å². The molecule has 2 amide bonds. The van der Waals surface area contributed by atoms with E-state index < -0.39 is 18.1 Å². The first kappa shape index (κ1) is 25.7. The molecule has 0 aliphatic heterocycles. The minimum Gasteiger partial charge on any atom is -0.497 e. The summed E-state index contributed by atoms with van der Waals surface area (Å²) in [5, 5.41) is 20.3. The molecule has 2 aromatic rings. The fraction of sp³-hybridized carbons (Fsp3) is 0.333. The molecule has 0 aliphatic rings. The second-order valence-electron chi connectivity index (χ2n) is 7.15. The van der Waals surface area contributed by atoms with Crippen molar-refractivity contribution in [3.8, 4) is 11.5 Å². The topological polar surface area (TPSA) is 126 Å². The number of hydroxylamine groups is 1. The minimum absolute atomic E-state index is 0.0831. The van der Waals surface area contributed by atoms with E-state index in [1.54, 1.807) is 74.1 Å². The number of unbranched alkanes of at least 4 members (excludes halogenated alkanes) is 1. The third-order valence-electron chi connectivity index (χ3n) is 4.78. The summed E-state index contributed by atoms with van der Waals surface area (Å²) in [7, 11) is 1.56. The Morgan fingerprint density at radius 3 is 2.33 bits per heavy atom. The molecule has 0 aliphatic carbocycles. The summed E-state index contributed by atoms with van der Waals surface area (Å²) < 4.78 is 16.2. The van der Waals surface area contributed by atoms with Gasteiger partial charge in [0.25, 0.3) is 5.91 Å². The smallest absolute Gasteiger partial charge is 0.412 e. The van der Waals surface area contributed by atoms with Gasteiger partial charge in [0.1, 0.15) is 24.2 Å². The molecule has 1 atom stereocenters. The molecule has 0 radical (unpaired) electrons. The fourth-order valence-electron chi connectivity index (χ4n) is 2.99. The minimum atomic E-state index is -0.600. The fourth-order valence-corrected chi connectivity index (χ4v) is 2.99. The highest BCUT2D eigenvalue weighted by Gasteiger charge is 2.17. The maximum atomic E-state index is 12.5. The summed E-state index contributed by atoms with van der Waals surface area (Å²) in [6.07, 6.45) is 2.30. The number of allylic oxidation sites excluding steroid dienone is 1. The number of ether oxygens (including phenoxy) is 3. The molecule has 0 heterocycles. The molecular formula is C24H30N2O7. The van der Waals surface area contributed by atoms with Crippen LogP contribution in [-0.4, -0.2) is 42.6 Å². The molecule has 9 heteroatoms. The first-order chi connectivity index (χ1) is 16.0. The lowest BCUT2D eigenvalue weighted by molar-refractivity contribution is -0.125. The number of hydrogen-bond donors (Lipinski definition) is 4. The molecule has 0 saturated heterocycles. The quantitative estimate of drug-likeness (QED) is 0.164. The van der Waals surface area contributed by atoms with Crippen LogP contribution in [0, 0.1) is 0 Å².